The number of carbonyl (C=O) groups excluding carboxylic acids is 1. The predicted octanol–water partition coefficient (Wildman–Crippen LogP) is 3.13. The summed E-state index contributed by atoms with van der Waals surface area (Å²) in [7, 11) is 0. The molecule has 8 heteroatoms. The molecule has 0 saturated carbocycles. The molecule has 2 aromatic heterocycles. The quantitative estimate of drug-likeness (QED) is 0.411. The largest absolute Gasteiger partial charge is 0.349 e. The summed E-state index contributed by atoms with van der Waals surface area (Å²) in [6, 6.07) is 27.0. The van der Waals surface area contributed by atoms with Crippen molar-refractivity contribution < 1.29 is 4.79 Å². The lowest BCUT2D eigenvalue weighted by molar-refractivity contribution is 0.0946. The Bertz CT molecular complexity index is 1500. The fraction of sp³-hybridized carbons (Fsp3) is 0.115. The molecule has 168 valence electrons. The number of aromatic nitrogens is 5. The van der Waals surface area contributed by atoms with Crippen LogP contribution in [-0.4, -0.2) is 37.2 Å². The highest BCUT2D eigenvalue weighted by atomic mass is 16.2. The van der Waals surface area contributed by atoms with Gasteiger partial charge in [0.2, 0.25) is 0 Å². The molecule has 0 unspecified atom stereocenters. The van der Waals surface area contributed by atoms with Gasteiger partial charge in [0.05, 0.1) is 25.0 Å². The van der Waals surface area contributed by atoms with Gasteiger partial charge in [-0.3, -0.25) is 9.59 Å². The first-order valence-electron chi connectivity index (χ1n) is 11.0. The minimum absolute atomic E-state index is 0.221. The number of hydrogen-bond acceptors (Lipinski definition) is 5. The molecule has 8 nitrogen and oxygen atoms in total. The second-order valence-corrected chi connectivity index (χ2v) is 7.84. The van der Waals surface area contributed by atoms with Crippen LogP contribution in [0.4, 0.5) is 0 Å². The van der Waals surface area contributed by atoms with E-state index in [0.717, 1.165) is 21.9 Å². The number of fused-ring (bicyclic) bond motifs is 1. The summed E-state index contributed by atoms with van der Waals surface area (Å²) in [6.07, 6.45) is 1.62. The Labute approximate surface area is 195 Å². The smallest absolute Gasteiger partial charge is 0.273 e. The number of hydrogen-bond donors (Lipinski definition) is 1. The summed E-state index contributed by atoms with van der Waals surface area (Å²) >= 11 is 0. The molecule has 0 atom stereocenters. The van der Waals surface area contributed by atoms with Gasteiger partial charge in [0, 0.05) is 18.2 Å². The Morgan fingerprint density at radius 2 is 1.68 bits per heavy atom. The van der Waals surface area contributed by atoms with E-state index < -0.39 is 0 Å². The fourth-order valence-corrected chi connectivity index (χ4v) is 3.82. The Hall–Kier alpha value is -4.59. The number of carbonyl (C=O) groups is 1. The summed E-state index contributed by atoms with van der Waals surface area (Å²) in [6.45, 7) is 0.989. The van der Waals surface area contributed by atoms with Crippen molar-refractivity contribution in [3.05, 3.63) is 113 Å². The van der Waals surface area contributed by atoms with Gasteiger partial charge in [0.15, 0.2) is 5.69 Å². The second kappa shape index (κ2) is 9.50. The van der Waals surface area contributed by atoms with Crippen LogP contribution >= 0.6 is 0 Å². The molecule has 1 N–H and O–H groups in total. The summed E-state index contributed by atoms with van der Waals surface area (Å²) in [5, 5.41) is 17.6. The summed E-state index contributed by atoms with van der Waals surface area (Å²) in [4.78, 5) is 24.7. The molecule has 1 amide bonds. The molecule has 0 aliphatic carbocycles. The molecule has 0 bridgehead atoms. The van der Waals surface area contributed by atoms with Crippen LogP contribution in [0.25, 0.3) is 22.0 Å². The maximum atomic E-state index is 12.6. The molecule has 0 saturated heterocycles. The number of amides is 1. The van der Waals surface area contributed by atoms with Crippen LogP contribution < -0.4 is 10.9 Å². The molecule has 2 heterocycles. The van der Waals surface area contributed by atoms with E-state index in [1.807, 2.05) is 54.6 Å². The van der Waals surface area contributed by atoms with E-state index in [1.54, 1.807) is 16.9 Å². The SMILES string of the molecule is O=C(NCCn1nc(-c2ccccc2)ccc1=O)c1cn(Cc2cccc3ccccc23)nn1. The van der Waals surface area contributed by atoms with Gasteiger partial charge in [-0.2, -0.15) is 5.10 Å². The molecule has 0 aliphatic rings. The van der Waals surface area contributed by atoms with Crippen molar-refractivity contribution in [2.75, 3.05) is 6.54 Å². The highest BCUT2D eigenvalue weighted by Crippen LogP contribution is 2.19. The van der Waals surface area contributed by atoms with Crippen LogP contribution in [0.1, 0.15) is 16.1 Å². The van der Waals surface area contributed by atoms with Gasteiger partial charge in [-0.25, -0.2) is 9.36 Å². The third-order valence-electron chi connectivity index (χ3n) is 5.53. The van der Waals surface area contributed by atoms with E-state index in [1.165, 1.54) is 10.7 Å². The van der Waals surface area contributed by atoms with E-state index in [9.17, 15) is 9.59 Å². The van der Waals surface area contributed by atoms with Crippen LogP contribution in [0.15, 0.2) is 95.9 Å². The Balaban J connectivity index is 1.22. The van der Waals surface area contributed by atoms with Gasteiger partial charge in [0.25, 0.3) is 11.5 Å². The topological polar surface area (TPSA) is 94.7 Å². The van der Waals surface area contributed by atoms with Gasteiger partial charge in [-0.05, 0) is 22.4 Å². The molecular weight excluding hydrogens is 428 g/mol. The predicted molar refractivity (Wildman–Crippen MR) is 129 cm³/mol. The summed E-state index contributed by atoms with van der Waals surface area (Å²) in [5.74, 6) is -0.351. The normalized spacial score (nSPS) is 10.9. The van der Waals surface area contributed by atoms with Crippen molar-refractivity contribution in [2.45, 2.75) is 13.1 Å². The molecule has 34 heavy (non-hydrogen) atoms. The lowest BCUT2D eigenvalue weighted by Gasteiger charge is -2.08. The summed E-state index contributed by atoms with van der Waals surface area (Å²) < 4.78 is 2.99. The van der Waals surface area contributed by atoms with E-state index >= 15 is 0 Å². The first kappa shape index (κ1) is 21.3. The van der Waals surface area contributed by atoms with Crippen molar-refractivity contribution >= 4 is 16.7 Å². The molecule has 0 fully saturated rings. The van der Waals surface area contributed by atoms with Crippen molar-refractivity contribution in [1.82, 2.24) is 30.1 Å². The molecule has 5 aromatic rings. The number of rotatable bonds is 7. The van der Waals surface area contributed by atoms with E-state index in [4.69, 9.17) is 0 Å². The minimum atomic E-state index is -0.351. The van der Waals surface area contributed by atoms with Crippen LogP contribution in [0, 0.1) is 0 Å². The Morgan fingerprint density at radius 3 is 2.56 bits per heavy atom. The molecule has 3 aromatic carbocycles. The van der Waals surface area contributed by atoms with Gasteiger partial charge in [-0.1, -0.05) is 78.0 Å². The van der Waals surface area contributed by atoms with Crippen molar-refractivity contribution in [3.63, 3.8) is 0 Å². The lowest BCUT2D eigenvalue weighted by Crippen LogP contribution is -2.32. The maximum Gasteiger partial charge on any atom is 0.273 e. The van der Waals surface area contributed by atoms with Gasteiger partial charge in [-0.15, -0.1) is 5.10 Å². The van der Waals surface area contributed by atoms with E-state index in [-0.39, 0.29) is 30.2 Å². The van der Waals surface area contributed by atoms with Crippen LogP contribution in [0.2, 0.25) is 0 Å². The van der Waals surface area contributed by atoms with Gasteiger partial charge in [0.1, 0.15) is 0 Å². The zero-order valence-corrected chi connectivity index (χ0v) is 18.3. The third-order valence-corrected chi connectivity index (χ3v) is 5.53. The molecule has 5 rings (SSSR count). The fourth-order valence-electron chi connectivity index (χ4n) is 3.82. The van der Waals surface area contributed by atoms with Crippen LogP contribution in [0.3, 0.4) is 0 Å². The third kappa shape index (κ3) is 4.61. The minimum Gasteiger partial charge on any atom is -0.349 e. The van der Waals surface area contributed by atoms with Crippen LogP contribution in [-0.2, 0) is 13.1 Å². The van der Waals surface area contributed by atoms with Gasteiger partial charge < -0.3 is 5.32 Å². The molecular formula is C26H22N6O2. The van der Waals surface area contributed by atoms with E-state index in [2.05, 4.69) is 38.9 Å². The lowest BCUT2D eigenvalue weighted by atomic mass is 10.0. The average molecular weight is 451 g/mol. The monoisotopic (exact) mass is 450 g/mol. The molecule has 0 aliphatic heterocycles. The van der Waals surface area contributed by atoms with Crippen molar-refractivity contribution in [2.24, 2.45) is 0 Å². The standard InChI is InChI=1S/C26H22N6O2/c33-25-14-13-23(20-8-2-1-3-9-20)29-32(25)16-15-27-26(34)24-18-31(30-28-24)17-21-11-6-10-19-7-4-5-12-22(19)21/h1-14,18H,15-17H2,(H,27,34). The highest BCUT2D eigenvalue weighted by molar-refractivity contribution is 5.91. The van der Waals surface area contributed by atoms with Crippen LogP contribution in [0.5, 0.6) is 0 Å². The molecule has 0 spiro atoms. The average Bonchev–Trinajstić information content (AvgIpc) is 3.34. The zero-order chi connectivity index (χ0) is 23.3. The van der Waals surface area contributed by atoms with Gasteiger partial charge >= 0.3 is 0 Å². The Morgan fingerprint density at radius 1 is 0.882 bits per heavy atom. The molecule has 0 radical (unpaired) electrons. The van der Waals surface area contributed by atoms with Crippen molar-refractivity contribution in [1.29, 1.82) is 0 Å². The number of nitrogens with zero attached hydrogens (tertiary/aromatic N) is 5. The van der Waals surface area contributed by atoms with E-state index in [0.29, 0.717) is 12.2 Å². The first-order chi connectivity index (χ1) is 16.7. The number of benzene rings is 3. The second-order valence-electron chi connectivity index (χ2n) is 7.84. The summed E-state index contributed by atoms with van der Waals surface area (Å²) in [5.41, 5.74) is 2.71. The Kier molecular flexibility index (Phi) is 5.94. The first-order valence-corrected chi connectivity index (χ1v) is 11.0. The highest BCUT2D eigenvalue weighted by Gasteiger charge is 2.12. The maximum absolute atomic E-state index is 12.6. The zero-order valence-electron chi connectivity index (χ0n) is 18.3. The van der Waals surface area contributed by atoms with Crippen molar-refractivity contribution in [3.8, 4) is 11.3 Å². The number of nitrogens with one attached hydrogen (secondary N) is 1.